The van der Waals surface area contributed by atoms with E-state index in [0.717, 1.165) is 17.9 Å². The summed E-state index contributed by atoms with van der Waals surface area (Å²) in [5.74, 6) is 1.87. The minimum absolute atomic E-state index is 0.459. The number of unbranched alkanes of at least 4 members (excludes halogenated alkanes) is 1. The van der Waals surface area contributed by atoms with Gasteiger partial charge in [-0.2, -0.15) is 0 Å². The second-order valence-corrected chi connectivity index (χ2v) is 5.42. The van der Waals surface area contributed by atoms with Crippen molar-refractivity contribution < 1.29 is 9.15 Å². The van der Waals surface area contributed by atoms with Crippen molar-refractivity contribution in [2.24, 2.45) is 0 Å². The molecule has 24 heavy (non-hydrogen) atoms. The van der Waals surface area contributed by atoms with Crippen molar-refractivity contribution in [2.75, 3.05) is 5.32 Å². The summed E-state index contributed by atoms with van der Waals surface area (Å²) >= 11 is 0. The number of anilines is 1. The Labute approximate surface area is 140 Å². The molecule has 6 heteroatoms. The molecule has 0 amide bonds. The van der Waals surface area contributed by atoms with Crippen molar-refractivity contribution in [3.8, 4) is 11.6 Å². The first-order valence-electron chi connectivity index (χ1n) is 8.05. The van der Waals surface area contributed by atoms with Crippen molar-refractivity contribution in [3.63, 3.8) is 0 Å². The van der Waals surface area contributed by atoms with Gasteiger partial charge in [-0.05, 0) is 36.6 Å². The van der Waals surface area contributed by atoms with Gasteiger partial charge in [-0.25, -0.2) is 4.98 Å². The van der Waals surface area contributed by atoms with E-state index in [9.17, 15) is 0 Å². The third-order valence-corrected chi connectivity index (χ3v) is 3.55. The van der Waals surface area contributed by atoms with Crippen LogP contribution in [0, 0.1) is 0 Å². The quantitative estimate of drug-likeness (QED) is 0.669. The largest absolute Gasteiger partial charge is 0.439 e. The van der Waals surface area contributed by atoms with E-state index >= 15 is 0 Å². The zero-order chi connectivity index (χ0) is 16.6. The maximum absolute atomic E-state index is 5.76. The molecule has 3 rings (SSSR count). The summed E-state index contributed by atoms with van der Waals surface area (Å²) in [6, 6.07) is 11.9. The van der Waals surface area contributed by atoms with Gasteiger partial charge in [0.05, 0.1) is 18.4 Å². The molecule has 0 fully saturated rings. The highest BCUT2D eigenvalue weighted by Gasteiger charge is 2.02. The Morgan fingerprint density at radius 3 is 2.67 bits per heavy atom. The minimum atomic E-state index is 0.459. The van der Waals surface area contributed by atoms with Gasteiger partial charge in [-0.15, -0.1) is 10.2 Å². The maximum Gasteiger partial charge on any atom is 0.235 e. The molecule has 0 aliphatic carbocycles. The number of ether oxygens (including phenoxy) is 1. The highest BCUT2D eigenvalue weighted by Crippen LogP contribution is 2.21. The number of hydrogen-bond acceptors (Lipinski definition) is 6. The smallest absolute Gasteiger partial charge is 0.235 e. The Balaban J connectivity index is 1.53. The van der Waals surface area contributed by atoms with Crippen molar-refractivity contribution in [1.82, 2.24) is 15.2 Å². The number of pyridine rings is 1. The average molecular weight is 324 g/mol. The molecular formula is C18H20N4O2. The molecule has 3 aromatic rings. The fourth-order valence-electron chi connectivity index (χ4n) is 2.22. The first-order valence-corrected chi connectivity index (χ1v) is 8.05. The van der Waals surface area contributed by atoms with E-state index in [1.807, 2.05) is 24.3 Å². The van der Waals surface area contributed by atoms with Crippen LogP contribution in [0.2, 0.25) is 0 Å². The summed E-state index contributed by atoms with van der Waals surface area (Å²) in [5, 5.41) is 10.6. The van der Waals surface area contributed by atoms with E-state index < -0.39 is 0 Å². The topological polar surface area (TPSA) is 73.1 Å². The monoisotopic (exact) mass is 324 g/mol. The van der Waals surface area contributed by atoms with Crippen molar-refractivity contribution in [1.29, 1.82) is 0 Å². The molecule has 2 heterocycles. The average Bonchev–Trinajstić information content (AvgIpc) is 3.14. The Hall–Kier alpha value is -2.89. The van der Waals surface area contributed by atoms with Crippen LogP contribution in [-0.4, -0.2) is 15.2 Å². The van der Waals surface area contributed by atoms with Crippen LogP contribution in [0.3, 0.4) is 0 Å². The molecule has 0 aliphatic rings. The summed E-state index contributed by atoms with van der Waals surface area (Å²) < 4.78 is 10.8. The van der Waals surface area contributed by atoms with E-state index in [4.69, 9.17) is 9.15 Å². The molecule has 1 N–H and O–H groups in total. The van der Waals surface area contributed by atoms with Gasteiger partial charge in [-0.3, -0.25) is 0 Å². The first-order chi connectivity index (χ1) is 11.8. The standard InChI is InChI=1S/C18H20N4O2/c1-2-3-4-14-5-8-16(9-6-14)24-17-10-7-15(11-20-17)19-12-18-22-21-13-23-18/h5-11,13,19H,2-4,12H2,1H3. The molecule has 0 aliphatic heterocycles. The molecule has 6 nitrogen and oxygen atoms in total. The number of rotatable bonds is 8. The number of nitrogens with one attached hydrogen (secondary N) is 1. The van der Waals surface area contributed by atoms with Gasteiger partial charge in [-0.1, -0.05) is 25.5 Å². The van der Waals surface area contributed by atoms with Gasteiger partial charge in [0.15, 0.2) is 0 Å². The molecule has 1 aromatic carbocycles. The highest BCUT2D eigenvalue weighted by molar-refractivity contribution is 5.42. The molecule has 0 saturated heterocycles. The Bertz CT molecular complexity index is 725. The summed E-state index contributed by atoms with van der Waals surface area (Å²) in [4.78, 5) is 4.29. The number of hydrogen-bond donors (Lipinski definition) is 1. The summed E-state index contributed by atoms with van der Waals surface area (Å²) in [6.07, 6.45) is 6.53. The first kappa shape index (κ1) is 16.0. The fraction of sp³-hybridized carbons (Fsp3) is 0.278. The summed E-state index contributed by atoms with van der Waals surface area (Å²) in [7, 11) is 0. The number of aromatic nitrogens is 3. The number of aryl methyl sites for hydroxylation is 1. The van der Waals surface area contributed by atoms with Gasteiger partial charge in [0.25, 0.3) is 0 Å². The van der Waals surface area contributed by atoms with E-state index in [1.165, 1.54) is 24.8 Å². The zero-order valence-electron chi connectivity index (χ0n) is 13.6. The van der Waals surface area contributed by atoms with Gasteiger partial charge >= 0.3 is 0 Å². The van der Waals surface area contributed by atoms with Crippen LogP contribution in [0.15, 0.2) is 53.4 Å². The molecule has 124 valence electrons. The fourth-order valence-corrected chi connectivity index (χ4v) is 2.22. The number of benzene rings is 1. The van der Waals surface area contributed by atoms with E-state index in [0.29, 0.717) is 18.3 Å². The minimum Gasteiger partial charge on any atom is -0.439 e. The molecule has 0 saturated carbocycles. The molecule has 0 spiro atoms. The Morgan fingerprint density at radius 2 is 2.00 bits per heavy atom. The van der Waals surface area contributed by atoms with Gasteiger partial charge in [0, 0.05) is 6.07 Å². The second-order valence-electron chi connectivity index (χ2n) is 5.42. The van der Waals surface area contributed by atoms with E-state index in [-0.39, 0.29) is 0 Å². The van der Waals surface area contributed by atoms with E-state index in [1.54, 1.807) is 6.20 Å². The van der Waals surface area contributed by atoms with Crippen LogP contribution in [0.5, 0.6) is 11.6 Å². The SMILES string of the molecule is CCCCc1ccc(Oc2ccc(NCc3nnco3)cn2)cc1. The molecule has 0 radical (unpaired) electrons. The van der Waals surface area contributed by atoms with Gasteiger partial charge in [0.2, 0.25) is 18.2 Å². The lowest BCUT2D eigenvalue weighted by atomic mass is 10.1. The second kappa shape index (κ2) is 8.10. The third kappa shape index (κ3) is 4.55. The zero-order valence-corrected chi connectivity index (χ0v) is 13.6. The van der Waals surface area contributed by atoms with Crippen LogP contribution >= 0.6 is 0 Å². The lowest BCUT2D eigenvalue weighted by Crippen LogP contribution is -2.00. The van der Waals surface area contributed by atoms with Crippen LogP contribution in [0.4, 0.5) is 5.69 Å². The van der Waals surface area contributed by atoms with Crippen molar-refractivity contribution in [2.45, 2.75) is 32.7 Å². The van der Waals surface area contributed by atoms with E-state index in [2.05, 4.69) is 39.6 Å². The third-order valence-electron chi connectivity index (χ3n) is 3.55. The lowest BCUT2D eigenvalue weighted by molar-refractivity contribution is 0.463. The van der Waals surface area contributed by atoms with Crippen LogP contribution in [0.1, 0.15) is 31.2 Å². The Kier molecular flexibility index (Phi) is 5.40. The van der Waals surface area contributed by atoms with Crippen LogP contribution < -0.4 is 10.1 Å². The predicted molar refractivity (Wildman–Crippen MR) is 91.0 cm³/mol. The molecular weight excluding hydrogens is 304 g/mol. The lowest BCUT2D eigenvalue weighted by Gasteiger charge is -2.07. The molecule has 0 unspecified atom stereocenters. The van der Waals surface area contributed by atoms with Crippen molar-refractivity contribution in [3.05, 3.63) is 60.4 Å². The van der Waals surface area contributed by atoms with Gasteiger partial charge in [0.1, 0.15) is 5.75 Å². The normalized spacial score (nSPS) is 10.5. The van der Waals surface area contributed by atoms with Crippen LogP contribution in [-0.2, 0) is 13.0 Å². The summed E-state index contributed by atoms with van der Waals surface area (Å²) in [6.45, 7) is 2.66. The summed E-state index contributed by atoms with van der Waals surface area (Å²) in [5.41, 5.74) is 2.19. The Morgan fingerprint density at radius 1 is 1.12 bits per heavy atom. The molecule has 2 aromatic heterocycles. The molecule has 0 bridgehead atoms. The predicted octanol–water partition coefficient (Wildman–Crippen LogP) is 4.21. The number of nitrogens with zero attached hydrogens (tertiary/aromatic N) is 3. The van der Waals surface area contributed by atoms with Crippen molar-refractivity contribution >= 4 is 5.69 Å². The maximum atomic E-state index is 5.76. The van der Waals surface area contributed by atoms with Gasteiger partial charge < -0.3 is 14.5 Å². The molecule has 0 atom stereocenters. The van der Waals surface area contributed by atoms with Crippen LogP contribution in [0.25, 0.3) is 0 Å². The highest BCUT2D eigenvalue weighted by atomic mass is 16.5.